The van der Waals surface area contributed by atoms with Gasteiger partial charge in [-0.1, -0.05) is 6.07 Å². The maximum absolute atomic E-state index is 12.4. The Hall–Kier alpha value is -3.28. The Kier molecular flexibility index (Phi) is 5.92. The van der Waals surface area contributed by atoms with Gasteiger partial charge in [-0.15, -0.1) is 0 Å². The summed E-state index contributed by atoms with van der Waals surface area (Å²) in [6.07, 6.45) is 3.41. The van der Waals surface area contributed by atoms with E-state index in [1.807, 2.05) is 26.8 Å². The molecule has 0 aliphatic carbocycles. The average molecular weight is 395 g/mol. The third-order valence-electron chi connectivity index (χ3n) is 4.43. The summed E-state index contributed by atoms with van der Waals surface area (Å²) >= 11 is 0. The van der Waals surface area contributed by atoms with Crippen LogP contribution in [-0.4, -0.2) is 31.0 Å². The van der Waals surface area contributed by atoms with Crippen LogP contribution in [-0.2, 0) is 4.79 Å². The summed E-state index contributed by atoms with van der Waals surface area (Å²) in [5, 5.41) is 2.77. The number of ketones is 1. The number of carbonyl (C=O) groups is 2. The van der Waals surface area contributed by atoms with Crippen molar-refractivity contribution in [1.82, 2.24) is 0 Å². The normalized spacial score (nSPS) is 14.8. The molecule has 3 rings (SSSR count). The average Bonchev–Trinajstić information content (AvgIpc) is 2.67. The van der Waals surface area contributed by atoms with Gasteiger partial charge in [-0.25, -0.2) is 0 Å². The smallest absolute Gasteiger partial charge is 0.248 e. The molecule has 0 atom stereocenters. The van der Waals surface area contributed by atoms with Crippen molar-refractivity contribution >= 4 is 23.5 Å². The molecule has 6 nitrogen and oxygen atoms in total. The van der Waals surface area contributed by atoms with Crippen molar-refractivity contribution in [1.29, 1.82) is 0 Å². The second-order valence-corrected chi connectivity index (χ2v) is 7.34. The van der Waals surface area contributed by atoms with Gasteiger partial charge in [-0.3, -0.25) is 9.59 Å². The van der Waals surface area contributed by atoms with E-state index < -0.39 is 5.60 Å². The van der Waals surface area contributed by atoms with Crippen LogP contribution in [0.25, 0.3) is 6.08 Å². The number of hydrogen-bond acceptors (Lipinski definition) is 5. The van der Waals surface area contributed by atoms with Gasteiger partial charge in [0.15, 0.2) is 17.3 Å². The zero-order valence-corrected chi connectivity index (χ0v) is 17.1. The number of carbonyl (C=O) groups excluding carboxylic acids is 2. The molecule has 0 saturated heterocycles. The number of fused-ring (bicyclic) bond motifs is 1. The highest BCUT2D eigenvalue weighted by atomic mass is 16.5. The minimum atomic E-state index is -0.517. The van der Waals surface area contributed by atoms with Crippen LogP contribution < -0.4 is 19.5 Å². The van der Waals surface area contributed by atoms with Crippen molar-refractivity contribution in [2.45, 2.75) is 32.8 Å². The Morgan fingerprint density at radius 2 is 2.00 bits per heavy atom. The highest BCUT2D eigenvalue weighted by molar-refractivity contribution is 6.04. The molecule has 0 bridgehead atoms. The fraction of sp³-hybridized carbons (Fsp3) is 0.304. The number of methoxy groups -OCH3 is 1. The van der Waals surface area contributed by atoms with Gasteiger partial charge in [0.05, 0.1) is 25.7 Å². The predicted molar refractivity (Wildman–Crippen MR) is 112 cm³/mol. The fourth-order valence-corrected chi connectivity index (χ4v) is 3.15. The number of benzene rings is 2. The van der Waals surface area contributed by atoms with E-state index in [4.69, 9.17) is 14.2 Å². The van der Waals surface area contributed by atoms with Crippen LogP contribution in [0, 0.1) is 0 Å². The van der Waals surface area contributed by atoms with Gasteiger partial charge in [0.2, 0.25) is 5.91 Å². The predicted octanol–water partition coefficient (Wildman–Crippen LogP) is 4.49. The third kappa shape index (κ3) is 4.96. The number of ether oxygens (including phenoxy) is 3. The summed E-state index contributed by atoms with van der Waals surface area (Å²) in [4.78, 5) is 24.6. The van der Waals surface area contributed by atoms with E-state index in [0.29, 0.717) is 41.5 Å². The molecule has 0 radical (unpaired) electrons. The molecular weight excluding hydrogens is 370 g/mol. The van der Waals surface area contributed by atoms with Crippen molar-refractivity contribution < 1.29 is 23.8 Å². The first-order valence-corrected chi connectivity index (χ1v) is 9.47. The Labute approximate surface area is 170 Å². The van der Waals surface area contributed by atoms with E-state index in [1.54, 1.807) is 43.5 Å². The molecule has 1 aliphatic rings. The van der Waals surface area contributed by atoms with Crippen molar-refractivity contribution in [3.05, 3.63) is 53.6 Å². The molecule has 0 saturated carbocycles. The Bertz CT molecular complexity index is 962. The molecule has 1 aliphatic heterocycles. The lowest BCUT2D eigenvalue weighted by atomic mass is 9.93. The van der Waals surface area contributed by atoms with Crippen molar-refractivity contribution in [3.63, 3.8) is 0 Å². The van der Waals surface area contributed by atoms with Crippen molar-refractivity contribution in [2.75, 3.05) is 19.0 Å². The molecular formula is C23H25NO5. The highest BCUT2D eigenvalue weighted by Gasteiger charge is 2.32. The van der Waals surface area contributed by atoms with Crippen LogP contribution in [0.15, 0.2) is 42.5 Å². The SMILES string of the molecule is CCOc1ccc(/C=C/C(=O)Nc2ccc3c(c2)C(=O)CC(C)(C)O3)cc1OC. The standard InChI is InChI=1S/C23H25NO5/c1-5-28-20-9-6-15(12-21(20)27-4)7-11-22(26)24-16-8-10-19-17(13-16)18(25)14-23(2,3)29-19/h6-13H,5,14H2,1-4H3,(H,24,26)/b11-7+. The second kappa shape index (κ2) is 8.39. The van der Waals surface area contributed by atoms with Crippen LogP contribution in [0.1, 0.15) is 43.1 Å². The first-order valence-electron chi connectivity index (χ1n) is 9.47. The van der Waals surface area contributed by atoms with E-state index in [1.165, 1.54) is 6.08 Å². The number of amides is 1. The van der Waals surface area contributed by atoms with Crippen LogP contribution in [0.2, 0.25) is 0 Å². The summed E-state index contributed by atoms with van der Waals surface area (Å²) in [6, 6.07) is 10.5. The monoisotopic (exact) mass is 395 g/mol. The molecule has 0 unspecified atom stereocenters. The number of nitrogens with one attached hydrogen (secondary N) is 1. The summed E-state index contributed by atoms with van der Waals surface area (Å²) in [5.74, 6) is 1.50. The van der Waals surface area contributed by atoms with Crippen LogP contribution in [0.3, 0.4) is 0 Å². The van der Waals surface area contributed by atoms with Gasteiger partial charge in [0.1, 0.15) is 11.4 Å². The highest BCUT2D eigenvalue weighted by Crippen LogP contribution is 2.34. The van der Waals surface area contributed by atoms with Crippen molar-refractivity contribution in [3.8, 4) is 17.2 Å². The van der Waals surface area contributed by atoms with E-state index in [2.05, 4.69) is 5.32 Å². The maximum Gasteiger partial charge on any atom is 0.248 e. The fourth-order valence-electron chi connectivity index (χ4n) is 3.15. The van der Waals surface area contributed by atoms with Gasteiger partial charge >= 0.3 is 0 Å². The maximum atomic E-state index is 12.4. The number of Topliss-reactive ketones (excluding diaryl/α,β-unsaturated/α-hetero) is 1. The van der Waals surface area contributed by atoms with E-state index in [0.717, 1.165) is 5.56 Å². The van der Waals surface area contributed by atoms with Crippen LogP contribution in [0.5, 0.6) is 17.2 Å². The van der Waals surface area contributed by atoms with Crippen molar-refractivity contribution in [2.24, 2.45) is 0 Å². The van der Waals surface area contributed by atoms with Crippen LogP contribution in [0.4, 0.5) is 5.69 Å². The lowest BCUT2D eigenvalue weighted by Crippen LogP contribution is -2.35. The largest absolute Gasteiger partial charge is 0.493 e. The molecule has 29 heavy (non-hydrogen) atoms. The Morgan fingerprint density at radius 1 is 1.21 bits per heavy atom. The zero-order chi connectivity index (χ0) is 21.0. The molecule has 0 aromatic heterocycles. The van der Waals surface area contributed by atoms with Gasteiger partial charge < -0.3 is 19.5 Å². The Balaban J connectivity index is 1.70. The van der Waals surface area contributed by atoms with E-state index in [-0.39, 0.29) is 11.7 Å². The Morgan fingerprint density at radius 3 is 2.72 bits per heavy atom. The minimum Gasteiger partial charge on any atom is -0.493 e. The molecule has 0 spiro atoms. The summed E-state index contributed by atoms with van der Waals surface area (Å²) in [6.45, 7) is 6.20. The van der Waals surface area contributed by atoms with Gasteiger partial charge in [0.25, 0.3) is 0 Å². The molecule has 6 heteroatoms. The lowest BCUT2D eigenvalue weighted by Gasteiger charge is -2.31. The zero-order valence-electron chi connectivity index (χ0n) is 17.1. The van der Waals surface area contributed by atoms with Gasteiger partial charge in [0, 0.05) is 11.8 Å². The summed E-state index contributed by atoms with van der Waals surface area (Å²) in [7, 11) is 1.57. The number of rotatable bonds is 6. The second-order valence-electron chi connectivity index (χ2n) is 7.34. The first kappa shape index (κ1) is 20.5. The van der Waals surface area contributed by atoms with Gasteiger partial charge in [-0.2, -0.15) is 0 Å². The summed E-state index contributed by atoms with van der Waals surface area (Å²) in [5.41, 5.74) is 1.31. The van der Waals surface area contributed by atoms with E-state index in [9.17, 15) is 9.59 Å². The summed E-state index contributed by atoms with van der Waals surface area (Å²) < 4.78 is 16.6. The first-order chi connectivity index (χ1) is 13.8. The number of anilines is 1. The molecule has 1 N–H and O–H groups in total. The minimum absolute atomic E-state index is 0.00405. The quantitative estimate of drug-likeness (QED) is 0.730. The molecule has 2 aromatic carbocycles. The number of hydrogen-bond donors (Lipinski definition) is 1. The molecule has 1 amide bonds. The van der Waals surface area contributed by atoms with Gasteiger partial charge in [-0.05, 0) is 62.7 Å². The third-order valence-corrected chi connectivity index (χ3v) is 4.43. The lowest BCUT2D eigenvalue weighted by molar-refractivity contribution is -0.111. The van der Waals surface area contributed by atoms with Crippen LogP contribution >= 0.6 is 0 Å². The molecule has 152 valence electrons. The molecule has 2 aromatic rings. The molecule has 1 heterocycles. The van der Waals surface area contributed by atoms with E-state index >= 15 is 0 Å². The topological polar surface area (TPSA) is 73.9 Å². The molecule has 0 fully saturated rings.